The van der Waals surface area contributed by atoms with Gasteiger partial charge in [0.15, 0.2) is 29.6 Å². The van der Waals surface area contributed by atoms with Crippen LogP contribution in [0.5, 0.6) is 23.0 Å². The lowest BCUT2D eigenvalue weighted by Gasteiger charge is -2.11. The van der Waals surface area contributed by atoms with Crippen LogP contribution in [-0.2, 0) is 4.79 Å². The summed E-state index contributed by atoms with van der Waals surface area (Å²) >= 11 is 0. The molecule has 2 N–H and O–H groups in total. The second-order valence-corrected chi connectivity index (χ2v) is 6.59. The van der Waals surface area contributed by atoms with Gasteiger partial charge in [0.05, 0.1) is 7.11 Å². The molecule has 0 saturated carbocycles. The Kier molecular flexibility index (Phi) is 5.89. The van der Waals surface area contributed by atoms with Crippen molar-refractivity contribution in [1.82, 2.24) is 0 Å². The molecule has 0 bridgehead atoms. The van der Waals surface area contributed by atoms with Crippen molar-refractivity contribution in [1.29, 1.82) is 0 Å². The first-order valence-electron chi connectivity index (χ1n) is 9.49. The second kappa shape index (κ2) is 9.08. The number of rotatable bonds is 7. The molecule has 0 saturated heterocycles. The third kappa shape index (κ3) is 4.87. The van der Waals surface area contributed by atoms with Crippen LogP contribution in [0.3, 0.4) is 0 Å². The number of hydrogen-bond acceptors (Lipinski definition) is 6. The Hall–Kier alpha value is -4.20. The van der Waals surface area contributed by atoms with E-state index in [0.717, 1.165) is 0 Å². The molecule has 0 aromatic heterocycles. The molecule has 0 radical (unpaired) electrons. The molecule has 3 aromatic rings. The zero-order valence-corrected chi connectivity index (χ0v) is 16.7. The fourth-order valence-electron chi connectivity index (χ4n) is 2.99. The number of methoxy groups -OCH3 is 1. The van der Waals surface area contributed by atoms with Crippen molar-refractivity contribution in [2.75, 3.05) is 31.1 Å². The van der Waals surface area contributed by atoms with E-state index in [1.165, 1.54) is 7.11 Å². The average molecular weight is 420 g/mol. The van der Waals surface area contributed by atoms with Crippen LogP contribution in [0, 0.1) is 0 Å². The minimum absolute atomic E-state index is 0.142. The number of carbonyl (C=O) groups is 2. The molecule has 8 nitrogen and oxygen atoms in total. The molecule has 0 atom stereocenters. The van der Waals surface area contributed by atoms with Crippen molar-refractivity contribution in [3.63, 3.8) is 0 Å². The van der Waals surface area contributed by atoms with Crippen molar-refractivity contribution >= 4 is 23.2 Å². The molecule has 0 unspecified atom stereocenters. The molecule has 3 aromatic carbocycles. The zero-order valence-electron chi connectivity index (χ0n) is 16.7. The highest BCUT2D eigenvalue weighted by atomic mass is 16.7. The lowest BCUT2D eigenvalue weighted by atomic mass is 10.2. The maximum Gasteiger partial charge on any atom is 0.262 e. The Morgan fingerprint density at radius 1 is 0.871 bits per heavy atom. The Morgan fingerprint density at radius 3 is 2.42 bits per heavy atom. The van der Waals surface area contributed by atoms with Crippen molar-refractivity contribution in [3.05, 3.63) is 72.3 Å². The summed E-state index contributed by atoms with van der Waals surface area (Å²) in [5.41, 5.74) is 1.49. The van der Waals surface area contributed by atoms with Crippen LogP contribution in [0.1, 0.15) is 10.4 Å². The SMILES string of the molecule is COc1ccccc1OCC(=O)Nc1cccc(NC(=O)c2ccc3c(c2)OCO3)c1. The summed E-state index contributed by atoms with van der Waals surface area (Å²) < 4.78 is 21.3. The van der Waals surface area contributed by atoms with Crippen LogP contribution in [0.4, 0.5) is 11.4 Å². The summed E-state index contributed by atoms with van der Waals surface area (Å²) in [6.07, 6.45) is 0. The number of hydrogen-bond donors (Lipinski definition) is 2. The zero-order chi connectivity index (χ0) is 21.6. The molecular formula is C23H20N2O6. The third-order valence-electron chi connectivity index (χ3n) is 4.47. The predicted molar refractivity (Wildman–Crippen MR) is 114 cm³/mol. The molecule has 4 rings (SSSR count). The Balaban J connectivity index is 1.35. The molecule has 0 spiro atoms. The van der Waals surface area contributed by atoms with Gasteiger partial charge in [-0.2, -0.15) is 0 Å². The van der Waals surface area contributed by atoms with E-state index in [0.29, 0.717) is 39.9 Å². The van der Waals surface area contributed by atoms with Gasteiger partial charge in [-0.1, -0.05) is 18.2 Å². The number of carbonyl (C=O) groups excluding carboxylic acids is 2. The molecular weight excluding hydrogens is 400 g/mol. The van der Waals surface area contributed by atoms with Crippen molar-refractivity contribution in [2.45, 2.75) is 0 Å². The Morgan fingerprint density at radius 2 is 1.61 bits per heavy atom. The first-order chi connectivity index (χ1) is 15.1. The van der Waals surface area contributed by atoms with E-state index in [-0.39, 0.29) is 25.2 Å². The number of ether oxygens (including phenoxy) is 4. The minimum atomic E-state index is -0.342. The summed E-state index contributed by atoms with van der Waals surface area (Å²) in [4.78, 5) is 24.8. The van der Waals surface area contributed by atoms with Crippen LogP contribution >= 0.6 is 0 Å². The van der Waals surface area contributed by atoms with Gasteiger partial charge in [0.25, 0.3) is 11.8 Å². The molecule has 1 heterocycles. The normalized spacial score (nSPS) is 11.5. The first kappa shape index (κ1) is 20.1. The van der Waals surface area contributed by atoms with Crippen LogP contribution in [0.15, 0.2) is 66.7 Å². The summed E-state index contributed by atoms with van der Waals surface area (Å²) in [5.74, 6) is 1.51. The Labute approximate surface area is 178 Å². The lowest BCUT2D eigenvalue weighted by molar-refractivity contribution is -0.118. The highest BCUT2D eigenvalue weighted by molar-refractivity contribution is 6.05. The van der Waals surface area contributed by atoms with Crippen molar-refractivity contribution in [2.24, 2.45) is 0 Å². The van der Waals surface area contributed by atoms with Crippen molar-refractivity contribution in [3.8, 4) is 23.0 Å². The van der Waals surface area contributed by atoms with Gasteiger partial charge in [0, 0.05) is 16.9 Å². The van der Waals surface area contributed by atoms with E-state index in [1.807, 2.05) is 6.07 Å². The van der Waals surface area contributed by atoms with E-state index >= 15 is 0 Å². The average Bonchev–Trinajstić information content (AvgIpc) is 3.26. The van der Waals surface area contributed by atoms with E-state index in [4.69, 9.17) is 18.9 Å². The number of fused-ring (bicyclic) bond motifs is 1. The van der Waals surface area contributed by atoms with Crippen LogP contribution < -0.4 is 29.6 Å². The molecule has 0 aliphatic carbocycles. The molecule has 1 aliphatic rings. The van der Waals surface area contributed by atoms with E-state index in [2.05, 4.69) is 10.6 Å². The maximum absolute atomic E-state index is 12.5. The van der Waals surface area contributed by atoms with E-state index in [9.17, 15) is 9.59 Å². The molecule has 1 aliphatic heterocycles. The smallest absolute Gasteiger partial charge is 0.262 e. The number of amides is 2. The van der Waals surface area contributed by atoms with E-state index in [1.54, 1.807) is 60.7 Å². The number of nitrogens with one attached hydrogen (secondary N) is 2. The molecule has 158 valence electrons. The Bertz CT molecular complexity index is 1110. The van der Waals surface area contributed by atoms with Gasteiger partial charge in [-0.15, -0.1) is 0 Å². The molecule has 31 heavy (non-hydrogen) atoms. The number of anilines is 2. The number of benzene rings is 3. The maximum atomic E-state index is 12.5. The topological polar surface area (TPSA) is 95.1 Å². The molecule has 2 amide bonds. The summed E-state index contributed by atoms with van der Waals surface area (Å²) in [5, 5.41) is 5.55. The standard InChI is InChI=1S/C23H20N2O6/c1-28-18-7-2-3-8-19(18)29-13-22(26)24-16-5-4-6-17(12-16)25-23(27)15-9-10-20-21(11-15)31-14-30-20/h2-12H,13-14H2,1H3,(H,24,26)(H,25,27). The monoisotopic (exact) mass is 420 g/mol. The fraction of sp³-hybridized carbons (Fsp3) is 0.130. The largest absolute Gasteiger partial charge is 0.493 e. The van der Waals surface area contributed by atoms with E-state index < -0.39 is 0 Å². The van der Waals surface area contributed by atoms with Gasteiger partial charge in [0.1, 0.15) is 0 Å². The second-order valence-electron chi connectivity index (χ2n) is 6.59. The van der Waals surface area contributed by atoms with Gasteiger partial charge in [-0.25, -0.2) is 0 Å². The first-order valence-corrected chi connectivity index (χ1v) is 9.49. The van der Waals surface area contributed by atoms with Gasteiger partial charge >= 0.3 is 0 Å². The van der Waals surface area contributed by atoms with Crippen LogP contribution in [0.2, 0.25) is 0 Å². The van der Waals surface area contributed by atoms with Crippen LogP contribution in [0.25, 0.3) is 0 Å². The highest BCUT2D eigenvalue weighted by Gasteiger charge is 2.16. The highest BCUT2D eigenvalue weighted by Crippen LogP contribution is 2.32. The third-order valence-corrected chi connectivity index (χ3v) is 4.47. The fourth-order valence-corrected chi connectivity index (χ4v) is 2.99. The number of para-hydroxylation sites is 2. The van der Waals surface area contributed by atoms with Gasteiger partial charge in [-0.05, 0) is 48.5 Å². The van der Waals surface area contributed by atoms with Crippen LogP contribution in [-0.4, -0.2) is 32.3 Å². The summed E-state index contributed by atoms with van der Waals surface area (Å²) in [6, 6.07) is 18.9. The van der Waals surface area contributed by atoms with Gasteiger partial charge < -0.3 is 29.6 Å². The molecule has 0 fully saturated rings. The summed E-state index contributed by atoms with van der Waals surface area (Å²) in [7, 11) is 1.53. The predicted octanol–water partition coefficient (Wildman–Crippen LogP) is 3.69. The minimum Gasteiger partial charge on any atom is -0.493 e. The summed E-state index contributed by atoms with van der Waals surface area (Å²) in [6.45, 7) is -0.0446. The quantitative estimate of drug-likeness (QED) is 0.605. The van der Waals surface area contributed by atoms with Gasteiger partial charge in [-0.3, -0.25) is 9.59 Å². The molecule has 8 heteroatoms. The lowest BCUT2D eigenvalue weighted by Crippen LogP contribution is -2.20. The van der Waals surface area contributed by atoms with Crippen molar-refractivity contribution < 1.29 is 28.5 Å². The van der Waals surface area contributed by atoms with Gasteiger partial charge in [0.2, 0.25) is 6.79 Å².